The van der Waals surface area contributed by atoms with E-state index in [4.69, 9.17) is 14.2 Å². The second-order valence-corrected chi connectivity index (χ2v) is 8.91. The molecule has 2 heterocycles. The topological polar surface area (TPSA) is 78.0 Å². The Morgan fingerprint density at radius 3 is 2.68 bits per heavy atom. The first-order valence-corrected chi connectivity index (χ1v) is 12.2. The Labute approximate surface area is 190 Å². The van der Waals surface area contributed by atoms with Gasteiger partial charge in [-0.15, -0.1) is 23.5 Å². The fourth-order valence-corrected chi connectivity index (χ4v) is 4.90. The maximum absolute atomic E-state index is 12.6. The number of nitrogens with zero attached hydrogens (tertiary/aromatic N) is 2. The van der Waals surface area contributed by atoms with Crippen LogP contribution in [-0.2, 0) is 20.1 Å². The fourth-order valence-electron chi connectivity index (χ4n) is 2.91. The largest absolute Gasteiger partial charge is 0.491 e. The first-order chi connectivity index (χ1) is 15.2. The Kier molecular flexibility index (Phi) is 9.36. The summed E-state index contributed by atoms with van der Waals surface area (Å²) in [7, 11) is 0. The molecule has 3 rings (SSSR count). The van der Waals surface area contributed by atoms with E-state index in [1.807, 2.05) is 23.2 Å². The molecule has 31 heavy (non-hydrogen) atoms. The third-order valence-electron chi connectivity index (χ3n) is 4.41. The molecule has 2 aromatic rings. The van der Waals surface area contributed by atoms with Gasteiger partial charge in [0.25, 0.3) is 0 Å². The third kappa shape index (κ3) is 7.66. The van der Waals surface area contributed by atoms with Crippen LogP contribution in [0.2, 0.25) is 0 Å². The van der Waals surface area contributed by atoms with Crippen LogP contribution in [0.3, 0.4) is 0 Å². The zero-order valence-electron chi connectivity index (χ0n) is 17.4. The maximum Gasteiger partial charge on any atom is 0.344 e. The summed E-state index contributed by atoms with van der Waals surface area (Å²) in [5.74, 6) is 3.12. The number of benzene rings is 1. The highest BCUT2D eigenvalue weighted by molar-refractivity contribution is 8.00. The van der Waals surface area contributed by atoms with Crippen molar-refractivity contribution in [2.24, 2.45) is 0 Å². The molecule has 0 saturated carbocycles. The summed E-state index contributed by atoms with van der Waals surface area (Å²) in [6, 6.07) is 11.0. The molecule has 1 fully saturated rings. The van der Waals surface area contributed by atoms with E-state index in [0.717, 1.165) is 23.6 Å². The first kappa shape index (κ1) is 23.3. The van der Waals surface area contributed by atoms with Crippen molar-refractivity contribution >= 4 is 35.4 Å². The molecule has 0 radical (unpaired) electrons. The van der Waals surface area contributed by atoms with Gasteiger partial charge in [0, 0.05) is 30.4 Å². The monoisotopic (exact) mass is 462 g/mol. The molecule has 1 aliphatic heterocycles. The van der Waals surface area contributed by atoms with Crippen LogP contribution < -0.4 is 9.47 Å². The highest BCUT2D eigenvalue weighted by Crippen LogP contribution is 2.26. The van der Waals surface area contributed by atoms with E-state index < -0.39 is 5.97 Å². The molecule has 1 atom stereocenters. The molecule has 0 spiro atoms. The van der Waals surface area contributed by atoms with Crippen LogP contribution in [0.5, 0.6) is 11.5 Å². The van der Waals surface area contributed by atoms with E-state index in [9.17, 15) is 9.59 Å². The lowest BCUT2D eigenvalue weighted by Gasteiger charge is -2.24. The Morgan fingerprint density at radius 2 is 1.97 bits per heavy atom. The molecule has 0 N–H and O–H groups in total. The number of amides is 1. The first-order valence-electron chi connectivity index (χ1n) is 10.0. The molecule has 1 saturated heterocycles. The SMILES string of the molecule is CCOC(=O)COc1ccc(OCC2SCCN2C(=O)CSCc2cccnc2)cc1. The summed E-state index contributed by atoms with van der Waals surface area (Å²) in [6.45, 7) is 3.13. The Morgan fingerprint density at radius 1 is 1.19 bits per heavy atom. The van der Waals surface area contributed by atoms with Gasteiger partial charge in [0.2, 0.25) is 5.91 Å². The summed E-state index contributed by atoms with van der Waals surface area (Å²) in [6.07, 6.45) is 3.57. The quantitative estimate of drug-likeness (QED) is 0.471. The summed E-state index contributed by atoms with van der Waals surface area (Å²) in [5, 5.41) is 0.00577. The number of carbonyl (C=O) groups excluding carboxylic acids is 2. The molecule has 1 amide bonds. The predicted molar refractivity (Wildman–Crippen MR) is 122 cm³/mol. The van der Waals surface area contributed by atoms with Gasteiger partial charge in [-0.25, -0.2) is 4.79 Å². The maximum atomic E-state index is 12.6. The Bertz CT molecular complexity index is 836. The second-order valence-electron chi connectivity index (χ2n) is 6.64. The number of pyridine rings is 1. The van der Waals surface area contributed by atoms with Crippen LogP contribution in [0, 0.1) is 0 Å². The smallest absolute Gasteiger partial charge is 0.344 e. The zero-order valence-corrected chi connectivity index (χ0v) is 19.0. The zero-order chi connectivity index (χ0) is 21.9. The van der Waals surface area contributed by atoms with Crippen molar-refractivity contribution in [1.29, 1.82) is 0 Å². The molecule has 0 aliphatic carbocycles. The summed E-state index contributed by atoms with van der Waals surface area (Å²) < 4.78 is 16.1. The molecule has 0 bridgehead atoms. The van der Waals surface area contributed by atoms with Crippen LogP contribution in [-0.4, -0.2) is 65.0 Å². The van der Waals surface area contributed by atoms with Gasteiger partial charge in [-0.05, 0) is 42.8 Å². The van der Waals surface area contributed by atoms with E-state index in [-0.39, 0.29) is 17.9 Å². The van der Waals surface area contributed by atoms with Crippen molar-refractivity contribution in [1.82, 2.24) is 9.88 Å². The number of aromatic nitrogens is 1. The van der Waals surface area contributed by atoms with E-state index >= 15 is 0 Å². The molecule has 1 unspecified atom stereocenters. The van der Waals surface area contributed by atoms with Crippen molar-refractivity contribution in [3.63, 3.8) is 0 Å². The van der Waals surface area contributed by atoms with Crippen LogP contribution in [0.15, 0.2) is 48.8 Å². The van der Waals surface area contributed by atoms with Gasteiger partial charge in [-0.2, -0.15) is 0 Å². The number of carbonyl (C=O) groups is 2. The standard InChI is InChI=1S/C22H26N2O5S2/c1-2-27-22(26)14-29-19-7-5-18(6-8-19)28-13-21-24(10-11-31-21)20(25)16-30-15-17-4-3-9-23-12-17/h3-9,12,21H,2,10-11,13-16H2,1H3. The fraction of sp³-hybridized carbons (Fsp3) is 0.409. The highest BCUT2D eigenvalue weighted by atomic mass is 32.2. The van der Waals surface area contributed by atoms with E-state index in [1.165, 1.54) is 0 Å². The number of rotatable bonds is 11. The minimum atomic E-state index is -0.399. The molecular weight excluding hydrogens is 436 g/mol. The van der Waals surface area contributed by atoms with Crippen molar-refractivity contribution in [2.75, 3.05) is 37.9 Å². The summed E-state index contributed by atoms with van der Waals surface area (Å²) in [4.78, 5) is 30.0. The molecule has 166 valence electrons. The lowest BCUT2D eigenvalue weighted by Crippen LogP contribution is -2.39. The highest BCUT2D eigenvalue weighted by Gasteiger charge is 2.29. The van der Waals surface area contributed by atoms with Gasteiger partial charge in [0.05, 0.1) is 12.4 Å². The number of ether oxygens (including phenoxy) is 3. The van der Waals surface area contributed by atoms with Gasteiger partial charge >= 0.3 is 5.97 Å². The van der Waals surface area contributed by atoms with Crippen molar-refractivity contribution in [2.45, 2.75) is 18.1 Å². The van der Waals surface area contributed by atoms with E-state index in [0.29, 0.717) is 30.5 Å². The van der Waals surface area contributed by atoms with Gasteiger partial charge in [-0.3, -0.25) is 9.78 Å². The minimum Gasteiger partial charge on any atom is -0.491 e. The van der Waals surface area contributed by atoms with E-state index in [2.05, 4.69) is 4.98 Å². The molecule has 9 heteroatoms. The molecule has 7 nitrogen and oxygen atoms in total. The second kappa shape index (κ2) is 12.5. The number of hydrogen-bond donors (Lipinski definition) is 0. The predicted octanol–water partition coefficient (Wildman–Crippen LogP) is 3.24. The number of thioether (sulfide) groups is 2. The molecule has 1 aromatic heterocycles. The normalized spacial score (nSPS) is 15.5. The summed E-state index contributed by atoms with van der Waals surface area (Å²) >= 11 is 3.33. The lowest BCUT2D eigenvalue weighted by atomic mass is 10.3. The van der Waals surface area contributed by atoms with Crippen LogP contribution >= 0.6 is 23.5 Å². The van der Waals surface area contributed by atoms with Crippen molar-refractivity contribution in [3.05, 3.63) is 54.4 Å². The van der Waals surface area contributed by atoms with Crippen LogP contribution in [0.4, 0.5) is 0 Å². The van der Waals surface area contributed by atoms with Crippen molar-refractivity contribution in [3.8, 4) is 11.5 Å². The average molecular weight is 463 g/mol. The van der Waals surface area contributed by atoms with Gasteiger partial charge in [0.1, 0.15) is 23.5 Å². The minimum absolute atomic E-state index is 0.00577. The summed E-state index contributed by atoms with van der Waals surface area (Å²) in [5.41, 5.74) is 1.12. The number of hydrogen-bond acceptors (Lipinski definition) is 8. The third-order valence-corrected chi connectivity index (χ3v) is 6.59. The van der Waals surface area contributed by atoms with E-state index in [1.54, 1.807) is 60.9 Å². The number of esters is 1. The average Bonchev–Trinajstić information content (AvgIpc) is 3.27. The van der Waals surface area contributed by atoms with Gasteiger partial charge in [-0.1, -0.05) is 6.07 Å². The lowest BCUT2D eigenvalue weighted by molar-refractivity contribution is -0.145. The van der Waals surface area contributed by atoms with Gasteiger partial charge in [0.15, 0.2) is 6.61 Å². The Hall–Kier alpha value is -2.39. The molecular formula is C22H26N2O5S2. The molecule has 1 aliphatic rings. The van der Waals surface area contributed by atoms with Crippen LogP contribution in [0.1, 0.15) is 12.5 Å². The van der Waals surface area contributed by atoms with Crippen molar-refractivity contribution < 1.29 is 23.8 Å². The van der Waals surface area contributed by atoms with Gasteiger partial charge < -0.3 is 19.1 Å². The molecule has 1 aromatic carbocycles. The van der Waals surface area contributed by atoms with Crippen LogP contribution in [0.25, 0.3) is 0 Å². The Balaban J connectivity index is 1.40.